The third kappa shape index (κ3) is 4.52. The van der Waals surface area contributed by atoms with Gasteiger partial charge in [0.25, 0.3) is 0 Å². The van der Waals surface area contributed by atoms with Gasteiger partial charge in [-0.3, -0.25) is 4.79 Å². The Morgan fingerprint density at radius 3 is 2.12 bits per heavy atom. The molecule has 1 atom stereocenters. The van der Waals surface area contributed by atoms with Crippen molar-refractivity contribution in [2.45, 2.75) is 65.9 Å². The quantitative estimate of drug-likeness (QED) is 0.684. The third-order valence-electron chi connectivity index (χ3n) is 3.16. The van der Waals surface area contributed by atoms with Crippen LogP contribution in [0.4, 0.5) is 0 Å². The first-order valence-electron chi connectivity index (χ1n) is 6.15. The van der Waals surface area contributed by atoms with Crippen LogP contribution in [0.3, 0.4) is 0 Å². The summed E-state index contributed by atoms with van der Waals surface area (Å²) in [4.78, 5) is 12.1. The molecule has 0 bridgehead atoms. The molecule has 0 fully saturated rings. The number of carbonyl (C=O) groups is 1. The van der Waals surface area contributed by atoms with Crippen molar-refractivity contribution in [3.8, 4) is 0 Å². The molecule has 0 aliphatic heterocycles. The first-order valence-corrected chi connectivity index (χ1v) is 6.15. The lowest BCUT2D eigenvalue weighted by atomic mass is 9.83. The predicted octanol–water partition coefficient (Wildman–Crippen LogP) is 2.91. The van der Waals surface area contributed by atoms with Crippen LogP contribution in [0.1, 0.15) is 60.3 Å². The molecular weight excluding hydrogens is 204 g/mol. The summed E-state index contributed by atoms with van der Waals surface area (Å²) in [5.74, 6) is -0.143. The number of aliphatic hydroxyl groups excluding tert-OH is 1. The van der Waals surface area contributed by atoms with Crippen molar-refractivity contribution in [1.82, 2.24) is 0 Å². The van der Waals surface area contributed by atoms with Crippen molar-refractivity contribution < 1.29 is 14.6 Å². The molecule has 16 heavy (non-hydrogen) atoms. The van der Waals surface area contributed by atoms with Gasteiger partial charge in [0.15, 0.2) is 0 Å². The van der Waals surface area contributed by atoms with Crippen LogP contribution in [0.2, 0.25) is 0 Å². The molecule has 0 aliphatic rings. The lowest BCUT2D eigenvalue weighted by Gasteiger charge is -2.32. The Balaban J connectivity index is 4.53. The minimum absolute atomic E-state index is 0.0386. The zero-order valence-corrected chi connectivity index (χ0v) is 11.3. The largest absolute Gasteiger partial charge is 0.459 e. The summed E-state index contributed by atoms with van der Waals surface area (Å²) in [6.45, 7) is 9.74. The van der Waals surface area contributed by atoms with Gasteiger partial charge in [-0.05, 0) is 33.6 Å². The molecular formula is C13H26O3. The van der Waals surface area contributed by atoms with Crippen LogP contribution in [-0.4, -0.2) is 23.3 Å². The fourth-order valence-electron chi connectivity index (χ4n) is 1.67. The Morgan fingerprint density at radius 1 is 1.19 bits per heavy atom. The standard InChI is InChI=1S/C13H26O3/c1-6-8-13(5,7-2)11(15)16-12(3,4)9-10-14/h14H,6-10H2,1-5H3. The molecule has 0 rings (SSSR count). The molecule has 3 nitrogen and oxygen atoms in total. The molecule has 1 unspecified atom stereocenters. The molecule has 0 aromatic carbocycles. The highest BCUT2D eigenvalue weighted by Gasteiger charge is 2.35. The molecule has 0 aromatic rings. The molecule has 0 heterocycles. The minimum atomic E-state index is -0.573. The van der Waals surface area contributed by atoms with E-state index in [0.29, 0.717) is 6.42 Å². The maximum atomic E-state index is 12.1. The number of hydrogen-bond donors (Lipinski definition) is 1. The average molecular weight is 230 g/mol. The highest BCUT2D eigenvalue weighted by atomic mass is 16.6. The Hall–Kier alpha value is -0.570. The first-order chi connectivity index (χ1) is 7.31. The number of ether oxygens (including phenoxy) is 1. The van der Waals surface area contributed by atoms with Gasteiger partial charge >= 0.3 is 5.97 Å². The van der Waals surface area contributed by atoms with E-state index in [2.05, 4.69) is 6.92 Å². The van der Waals surface area contributed by atoms with Crippen molar-refractivity contribution in [2.24, 2.45) is 5.41 Å². The molecule has 0 spiro atoms. The normalized spacial score (nSPS) is 15.6. The van der Waals surface area contributed by atoms with Crippen molar-refractivity contribution in [2.75, 3.05) is 6.61 Å². The van der Waals surface area contributed by atoms with Crippen LogP contribution in [-0.2, 0) is 9.53 Å². The third-order valence-corrected chi connectivity index (χ3v) is 3.16. The zero-order valence-electron chi connectivity index (χ0n) is 11.3. The Morgan fingerprint density at radius 2 is 1.75 bits per heavy atom. The maximum absolute atomic E-state index is 12.1. The number of rotatable bonds is 7. The Bertz CT molecular complexity index is 223. The van der Waals surface area contributed by atoms with Crippen LogP contribution < -0.4 is 0 Å². The summed E-state index contributed by atoms with van der Waals surface area (Å²) in [6, 6.07) is 0. The number of carbonyl (C=O) groups excluding carboxylic acids is 1. The zero-order chi connectivity index (χ0) is 12.8. The second kappa shape index (κ2) is 6.24. The fraction of sp³-hybridized carbons (Fsp3) is 0.923. The predicted molar refractivity (Wildman–Crippen MR) is 65.2 cm³/mol. The van der Waals surface area contributed by atoms with Crippen molar-refractivity contribution in [1.29, 1.82) is 0 Å². The van der Waals surface area contributed by atoms with Crippen molar-refractivity contribution in [3.63, 3.8) is 0 Å². The minimum Gasteiger partial charge on any atom is -0.459 e. The van der Waals surface area contributed by atoms with Gasteiger partial charge in [-0.2, -0.15) is 0 Å². The topological polar surface area (TPSA) is 46.5 Å². The summed E-state index contributed by atoms with van der Waals surface area (Å²) in [7, 11) is 0. The number of hydrogen-bond acceptors (Lipinski definition) is 3. The highest BCUT2D eigenvalue weighted by molar-refractivity contribution is 5.76. The van der Waals surface area contributed by atoms with Crippen molar-refractivity contribution >= 4 is 5.97 Å². The van der Waals surface area contributed by atoms with Gasteiger partial charge in [0.2, 0.25) is 0 Å². The molecule has 1 N–H and O–H groups in total. The number of esters is 1. The van der Waals surface area contributed by atoms with E-state index in [9.17, 15) is 4.79 Å². The van der Waals surface area contributed by atoms with E-state index in [4.69, 9.17) is 9.84 Å². The van der Waals surface area contributed by atoms with E-state index >= 15 is 0 Å². The van der Waals surface area contributed by atoms with Gasteiger partial charge in [0.05, 0.1) is 5.41 Å². The van der Waals surface area contributed by atoms with Gasteiger partial charge in [-0.15, -0.1) is 0 Å². The van der Waals surface area contributed by atoms with Crippen molar-refractivity contribution in [3.05, 3.63) is 0 Å². The van der Waals surface area contributed by atoms with E-state index in [1.165, 1.54) is 0 Å². The molecule has 0 saturated heterocycles. The fourth-order valence-corrected chi connectivity index (χ4v) is 1.67. The molecule has 0 aliphatic carbocycles. The van der Waals surface area contributed by atoms with Gasteiger partial charge in [0.1, 0.15) is 5.60 Å². The summed E-state index contributed by atoms with van der Waals surface area (Å²) in [6.07, 6.45) is 3.08. The summed E-state index contributed by atoms with van der Waals surface area (Å²) < 4.78 is 5.49. The van der Waals surface area contributed by atoms with E-state index < -0.39 is 5.60 Å². The van der Waals surface area contributed by atoms with Gasteiger partial charge in [0, 0.05) is 13.0 Å². The number of aliphatic hydroxyl groups is 1. The van der Waals surface area contributed by atoms with E-state index in [0.717, 1.165) is 19.3 Å². The summed E-state index contributed by atoms with van der Waals surface area (Å²) in [5.41, 5.74) is -0.961. The Kier molecular flexibility index (Phi) is 6.01. The second-order valence-corrected chi connectivity index (χ2v) is 5.29. The van der Waals surface area contributed by atoms with Crippen LogP contribution in [0.5, 0.6) is 0 Å². The highest BCUT2D eigenvalue weighted by Crippen LogP contribution is 2.31. The molecule has 96 valence electrons. The lowest BCUT2D eigenvalue weighted by molar-refractivity contribution is -0.170. The smallest absolute Gasteiger partial charge is 0.312 e. The average Bonchev–Trinajstić information content (AvgIpc) is 2.16. The van der Waals surface area contributed by atoms with Crippen LogP contribution in [0.15, 0.2) is 0 Å². The second-order valence-electron chi connectivity index (χ2n) is 5.29. The van der Waals surface area contributed by atoms with E-state index in [1.807, 2.05) is 27.7 Å². The van der Waals surface area contributed by atoms with Gasteiger partial charge in [-0.25, -0.2) is 0 Å². The molecule has 3 heteroatoms. The van der Waals surface area contributed by atoms with Gasteiger partial charge < -0.3 is 9.84 Å². The maximum Gasteiger partial charge on any atom is 0.312 e. The lowest BCUT2D eigenvalue weighted by Crippen LogP contribution is -2.37. The van der Waals surface area contributed by atoms with Crippen LogP contribution in [0, 0.1) is 5.41 Å². The molecule has 0 aromatic heterocycles. The van der Waals surface area contributed by atoms with Crippen LogP contribution >= 0.6 is 0 Å². The molecule has 0 saturated carbocycles. The van der Waals surface area contributed by atoms with E-state index in [-0.39, 0.29) is 18.0 Å². The van der Waals surface area contributed by atoms with E-state index in [1.54, 1.807) is 0 Å². The summed E-state index contributed by atoms with van der Waals surface area (Å²) in [5, 5.41) is 8.89. The van der Waals surface area contributed by atoms with Gasteiger partial charge in [-0.1, -0.05) is 20.3 Å². The van der Waals surface area contributed by atoms with Crippen LogP contribution in [0.25, 0.3) is 0 Å². The SMILES string of the molecule is CCCC(C)(CC)C(=O)OC(C)(C)CCO. The molecule has 0 amide bonds. The molecule has 0 radical (unpaired) electrons. The first kappa shape index (κ1) is 15.4. The summed E-state index contributed by atoms with van der Waals surface area (Å²) >= 11 is 0. The Labute approximate surface area is 99.2 Å². The monoisotopic (exact) mass is 230 g/mol.